The van der Waals surface area contributed by atoms with Crippen LogP contribution in [0.4, 0.5) is 0 Å². The van der Waals surface area contributed by atoms with E-state index in [1.54, 1.807) is 0 Å². The predicted octanol–water partition coefficient (Wildman–Crippen LogP) is 4.19. The molecule has 1 aliphatic rings. The Morgan fingerprint density at radius 1 is 0.765 bits per heavy atom. The van der Waals surface area contributed by atoms with Crippen LogP contribution in [0, 0.1) is 13.8 Å². The Labute approximate surface area is 102 Å². The molecule has 0 saturated carbocycles. The lowest BCUT2D eigenvalue weighted by molar-refractivity contribution is 0.479. The Morgan fingerprint density at radius 2 is 1.24 bits per heavy atom. The molecule has 2 aromatic carbocycles. The van der Waals surface area contributed by atoms with Gasteiger partial charge in [-0.05, 0) is 49.9 Å². The van der Waals surface area contributed by atoms with Gasteiger partial charge in [0.15, 0.2) is 0 Å². The molecule has 0 amide bonds. The van der Waals surface area contributed by atoms with Crippen molar-refractivity contribution in [3.05, 3.63) is 58.7 Å². The summed E-state index contributed by atoms with van der Waals surface area (Å²) in [6.07, 6.45) is 2.13. The van der Waals surface area contributed by atoms with Gasteiger partial charge in [0.2, 0.25) is 0 Å². The summed E-state index contributed by atoms with van der Waals surface area (Å²) < 4.78 is 6.01. The van der Waals surface area contributed by atoms with Crippen molar-refractivity contribution in [2.24, 2.45) is 0 Å². The smallest absolute Gasteiger partial charge is 0.130 e. The van der Waals surface area contributed by atoms with Gasteiger partial charge in [0, 0.05) is 0 Å². The molecule has 0 N–H and O–H groups in total. The molecule has 0 fully saturated rings. The molecule has 0 saturated heterocycles. The molecule has 0 aliphatic carbocycles. The van der Waals surface area contributed by atoms with E-state index in [9.17, 15) is 0 Å². The third-order valence-electron chi connectivity index (χ3n) is 3.32. The lowest BCUT2D eigenvalue weighted by Crippen LogP contribution is -1.89. The standard InChI is InChI=1S/C16H16O/c1-11-3-7-15-13(9-11)5-6-14-10-12(2)4-8-16(14)17-15/h3-4,7-10H,5-6H2,1-2H3. The number of aryl methyl sites for hydroxylation is 4. The molecule has 1 heterocycles. The fourth-order valence-corrected chi connectivity index (χ4v) is 2.39. The number of rotatable bonds is 0. The Balaban J connectivity index is 2.07. The average Bonchev–Trinajstić information content (AvgIpc) is 2.48. The van der Waals surface area contributed by atoms with E-state index in [4.69, 9.17) is 4.74 Å². The monoisotopic (exact) mass is 224 g/mol. The lowest BCUT2D eigenvalue weighted by Gasteiger charge is -2.09. The molecule has 86 valence electrons. The summed E-state index contributed by atoms with van der Waals surface area (Å²) in [4.78, 5) is 0. The van der Waals surface area contributed by atoms with Crippen LogP contribution in [-0.2, 0) is 12.8 Å². The second-order valence-corrected chi connectivity index (χ2v) is 4.82. The van der Waals surface area contributed by atoms with Crippen molar-refractivity contribution in [1.29, 1.82) is 0 Å². The van der Waals surface area contributed by atoms with E-state index in [0.717, 1.165) is 24.3 Å². The van der Waals surface area contributed by atoms with Gasteiger partial charge in [0.05, 0.1) is 0 Å². The number of benzene rings is 2. The SMILES string of the molecule is Cc1ccc2c(c1)CCc1cc(C)ccc1O2. The first-order valence-corrected chi connectivity index (χ1v) is 6.09. The van der Waals surface area contributed by atoms with Crippen molar-refractivity contribution in [1.82, 2.24) is 0 Å². The van der Waals surface area contributed by atoms with Gasteiger partial charge in [-0.2, -0.15) is 0 Å². The zero-order valence-electron chi connectivity index (χ0n) is 10.3. The summed E-state index contributed by atoms with van der Waals surface area (Å²) in [5, 5.41) is 0. The third kappa shape index (κ3) is 1.93. The Bertz CT molecular complexity index is 518. The molecule has 0 radical (unpaired) electrons. The largest absolute Gasteiger partial charge is 0.457 e. The zero-order valence-corrected chi connectivity index (χ0v) is 10.3. The number of fused-ring (bicyclic) bond motifs is 2. The zero-order chi connectivity index (χ0) is 11.8. The van der Waals surface area contributed by atoms with Gasteiger partial charge >= 0.3 is 0 Å². The lowest BCUT2D eigenvalue weighted by atomic mass is 10.0. The topological polar surface area (TPSA) is 9.23 Å². The van der Waals surface area contributed by atoms with Crippen molar-refractivity contribution in [3.8, 4) is 11.5 Å². The van der Waals surface area contributed by atoms with Gasteiger partial charge in [-0.25, -0.2) is 0 Å². The van der Waals surface area contributed by atoms with E-state index in [1.165, 1.54) is 22.3 Å². The van der Waals surface area contributed by atoms with Gasteiger partial charge in [0.25, 0.3) is 0 Å². The molecule has 2 aromatic rings. The summed E-state index contributed by atoms with van der Waals surface area (Å²) in [5.74, 6) is 2.02. The first kappa shape index (κ1) is 10.4. The van der Waals surface area contributed by atoms with Crippen LogP contribution in [0.5, 0.6) is 11.5 Å². The van der Waals surface area contributed by atoms with E-state index < -0.39 is 0 Å². The summed E-state index contributed by atoms with van der Waals surface area (Å²) in [5.41, 5.74) is 5.24. The fraction of sp³-hybridized carbons (Fsp3) is 0.250. The summed E-state index contributed by atoms with van der Waals surface area (Å²) >= 11 is 0. The van der Waals surface area contributed by atoms with Crippen LogP contribution in [0.1, 0.15) is 22.3 Å². The molecule has 1 aliphatic heterocycles. The second kappa shape index (κ2) is 3.92. The van der Waals surface area contributed by atoms with Gasteiger partial charge in [-0.1, -0.05) is 35.4 Å². The molecule has 0 unspecified atom stereocenters. The number of ether oxygens (including phenoxy) is 1. The molecular formula is C16H16O. The van der Waals surface area contributed by atoms with Crippen molar-refractivity contribution in [2.75, 3.05) is 0 Å². The molecule has 3 rings (SSSR count). The molecule has 0 spiro atoms. The van der Waals surface area contributed by atoms with Crippen LogP contribution >= 0.6 is 0 Å². The van der Waals surface area contributed by atoms with E-state index in [2.05, 4.69) is 50.2 Å². The van der Waals surface area contributed by atoms with Gasteiger partial charge < -0.3 is 4.74 Å². The predicted molar refractivity (Wildman–Crippen MR) is 69.8 cm³/mol. The van der Waals surface area contributed by atoms with E-state index in [-0.39, 0.29) is 0 Å². The Kier molecular flexibility index (Phi) is 2.40. The number of hydrogen-bond acceptors (Lipinski definition) is 1. The maximum Gasteiger partial charge on any atom is 0.130 e. The minimum Gasteiger partial charge on any atom is -0.457 e. The molecule has 0 aromatic heterocycles. The Hall–Kier alpha value is -1.76. The van der Waals surface area contributed by atoms with Crippen molar-refractivity contribution < 1.29 is 4.74 Å². The maximum atomic E-state index is 6.01. The highest BCUT2D eigenvalue weighted by Gasteiger charge is 2.14. The molecular weight excluding hydrogens is 208 g/mol. The van der Waals surface area contributed by atoms with E-state index in [1.807, 2.05) is 0 Å². The van der Waals surface area contributed by atoms with E-state index >= 15 is 0 Å². The minimum atomic E-state index is 1.01. The summed E-state index contributed by atoms with van der Waals surface area (Å²) in [6.45, 7) is 4.25. The Morgan fingerprint density at radius 3 is 1.71 bits per heavy atom. The van der Waals surface area contributed by atoms with Gasteiger partial charge in [0.1, 0.15) is 11.5 Å². The highest BCUT2D eigenvalue weighted by Crippen LogP contribution is 2.34. The fourth-order valence-electron chi connectivity index (χ4n) is 2.39. The first-order valence-electron chi connectivity index (χ1n) is 6.09. The molecule has 0 bridgehead atoms. The van der Waals surface area contributed by atoms with Crippen LogP contribution in [0.2, 0.25) is 0 Å². The van der Waals surface area contributed by atoms with Crippen LogP contribution in [0.25, 0.3) is 0 Å². The second-order valence-electron chi connectivity index (χ2n) is 4.82. The normalized spacial score (nSPS) is 13.3. The van der Waals surface area contributed by atoms with Crippen molar-refractivity contribution >= 4 is 0 Å². The molecule has 0 atom stereocenters. The first-order chi connectivity index (χ1) is 8.22. The van der Waals surface area contributed by atoms with Crippen LogP contribution in [0.15, 0.2) is 36.4 Å². The van der Waals surface area contributed by atoms with Gasteiger partial charge in [-0.3, -0.25) is 0 Å². The summed E-state index contributed by atoms with van der Waals surface area (Å²) in [6, 6.07) is 12.8. The van der Waals surface area contributed by atoms with Crippen LogP contribution in [0.3, 0.4) is 0 Å². The molecule has 1 nitrogen and oxygen atoms in total. The van der Waals surface area contributed by atoms with Crippen LogP contribution < -0.4 is 4.74 Å². The molecule has 1 heteroatoms. The summed E-state index contributed by atoms with van der Waals surface area (Å²) in [7, 11) is 0. The van der Waals surface area contributed by atoms with Crippen LogP contribution in [-0.4, -0.2) is 0 Å². The highest BCUT2D eigenvalue weighted by molar-refractivity contribution is 5.47. The maximum absolute atomic E-state index is 6.01. The average molecular weight is 224 g/mol. The van der Waals surface area contributed by atoms with E-state index in [0.29, 0.717) is 0 Å². The third-order valence-corrected chi connectivity index (χ3v) is 3.32. The van der Waals surface area contributed by atoms with Crippen molar-refractivity contribution in [2.45, 2.75) is 26.7 Å². The van der Waals surface area contributed by atoms with Gasteiger partial charge in [-0.15, -0.1) is 0 Å². The number of hydrogen-bond donors (Lipinski definition) is 0. The highest BCUT2D eigenvalue weighted by atomic mass is 16.5. The minimum absolute atomic E-state index is 1.01. The van der Waals surface area contributed by atoms with Crippen molar-refractivity contribution in [3.63, 3.8) is 0 Å². The quantitative estimate of drug-likeness (QED) is 0.651. The molecule has 17 heavy (non-hydrogen) atoms.